The molecule has 2 saturated heterocycles. The van der Waals surface area contributed by atoms with Crippen LogP contribution >= 0.6 is 0 Å². The van der Waals surface area contributed by atoms with Gasteiger partial charge in [-0.05, 0) is 51.4 Å². The van der Waals surface area contributed by atoms with E-state index in [0.717, 1.165) is 87.5 Å². The van der Waals surface area contributed by atoms with Crippen molar-refractivity contribution in [2.75, 3.05) is 46.8 Å². The van der Waals surface area contributed by atoms with E-state index in [4.69, 9.17) is 9.97 Å². The predicted molar refractivity (Wildman–Crippen MR) is 180 cm³/mol. The van der Waals surface area contributed by atoms with Crippen molar-refractivity contribution in [2.24, 2.45) is 0 Å². The van der Waals surface area contributed by atoms with Crippen LogP contribution in [0.3, 0.4) is 0 Å². The SMILES string of the molecule is C.CC[C@@]12CCCCN1c1nc(-n3ccnc3)ncc1N(C)C2=O.CC[C@]12CCCCN1c1nc(-n3ccnc3)ncc1N(C)C2=O. The van der Waals surface area contributed by atoms with Gasteiger partial charge < -0.3 is 19.6 Å². The van der Waals surface area contributed by atoms with Crippen molar-refractivity contribution in [2.45, 2.75) is 83.7 Å². The highest BCUT2D eigenvalue weighted by Gasteiger charge is 2.52. The van der Waals surface area contributed by atoms with Crippen LogP contribution in [-0.2, 0) is 9.59 Å². The van der Waals surface area contributed by atoms with Crippen LogP contribution in [0.4, 0.5) is 23.0 Å². The van der Waals surface area contributed by atoms with Gasteiger partial charge in [0.25, 0.3) is 11.8 Å². The maximum Gasteiger partial charge on any atom is 0.252 e. The van der Waals surface area contributed by atoms with E-state index >= 15 is 0 Å². The van der Waals surface area contributed by atoms with Gasteiger partial charge in [-0.15, -0.1) is 0 Å². The molecular weight excluding hydrogens is 596 g/mol. The molecule has 248 valence electrons. The van der Waals surface area contributed by atoms with Crippen LogP contribution in [0, 0.1) is 0 Å². The lowest BCUT2D eigenvalue weighted by molar-refractivity contribution is -0.125. The quantitative estimate of drug-likeness (QED) is 0.320. The van der Waals surface area contributed by atoms with E-state index in [1.807, 2.05) is 26.5 Å². The minimum atomic E-state index is -0.458. The van der Waals surface area contributed by atoms with Gasteiger partial charge in [-0.25, -0.2) is 19.9 Å². The summed E-state index contributed by atoms with van der Waals surface area (Å²) in [5, 5.41) is 0. The van der Waals surface area contributed by atoms with Gasteiger partial charge in [0.1, 0.15) is 35.1 Å². The van der Waals surface area contributed by atoms with Crippen LogP contribution in [0.2, 0.25) is 0 Å². The van der Waals surface area contributed by atoms with Crippen LogP contribution in [0.15, 0.2) is 49.8 Å². The third kappa shape index (κ3) is 4.92. The number of aromatic nitrogens is 8. The molecule has 8 heterocycles. The molecule has 0 spiro atoms. The third-order valence-corrected chi connectivity index (χ3v) is 10.2. The lowest BCUT2D eigenvalue weighted by Gasteiger charge is -2.51. The Bertz CT molecular complexity index is 1610. The Morgan fingerprint density at radius 1 is 0.681 bits per heavy atom. The van der Waals surface area contributed by atoms with Crippen molar-refractivity contribution in [3.63, 3.8) is 0 Å². The van der Waals surface area contributed by atoms with E-state index in [0.29, 0.717) is 11.9 Å². The average Bonchev–Trinajstić information content (AvgIpc) is 3.85. The molecule has 2 amide bonds. The zero-order valence-corrected chi connectivity index (χ0v) is 26.9. The Morgan fingerprint density at radius 2 is 1.11 bits per heavy atom. The number of carbonyl (C=O) groups excluding carboxylic acids is 2. The van der Waals surface area contributed by atoms with E-state index in [1.165, 1.54) is 0 Å². The third-order valence-electron chi connectivity index (χ3n) is 10.2. The van der Waals surface area contributed by atoms with Crippen LogP contribution in [0.25, 0.3) is 11.9 Å². The molecule has 8 rings (SSSR count). The molecule has 4 aliphatic rings. The number of hydrogen-bond acceptors (Lipinski definition) is 10. The number of fused-ring (bicyclic) bond motifs is 6. The molecule has 2 fully saturated rings. The van der Waals surface area contributed by atoms with E-state index in [1.54, 1.807) is 56.4 Å². The van der Waals surface area contributed by atoms with E-state index in [9.17, 15) is 9.59 Å². The summed E-state index contributed by atoms with van der Waals surface area (Å²) in [4.78, 5) is 60.3. The van der Waals surface area contributed by atoms with E-state index < -0.39 is 11.1 Å². The maximum absolute atomic E-state index is 13.0. The van der Waals surface area contributed by atoms with Gasteiger partial charge in [0.2, 0.25) is 11.9 Å². The summed E-state index contributed by atoms with van der Waals surface area (Å²) in [6, 6.07) is 0. The van der Waals surface area contributed by atoms with Crippen LogP contribution in [-0.4, -0.2) is 89.1 Å². The smallest absolute Gasteiger partial charge is 0.252 e. The number of nitrogens with zero attached hydrogens (tertiary/aromatic N) is 12. The van der Waals surface area contributed by atoms with Gasteiger partial charge in [-0.3, -0.25) is 18.7 Å². The van der Waals surface area contributed by atoms with E-state index in [-0.39, 0.29) is 19.2 Å². The summed E-state index contributed by atoms with van der Waals surface area (Å²) in [6.45, 7) is 5.90. The minimum absolute atomic E-state index is 0. The van der Waals surface area contributed by atoms with Crippen LogP contribution < -0.4 is 19.6 Å². The van der Waals surface area contributed by atoms with Gasteiger partial charge in [-0.2, -0.15) is 9.97 Å². The summed E-state index contributed by atoms with van der Waals surface area (Å²) >= 11 is 0. The standard InChI is InChI=1S/2C16H20N6O.CH4/c2*1-3-16-6-4-5-8-22(16)13-12(20(2)14(16)23)10-18-15(19-13)21-9-7-17-11-21;/h2*7,9-11H,3-6,8H2,1-2H3;1H4/t2*16-;/m10./s1. The molecule has 4 aliphatic heterocycles. The Kier molecular flexibility index (Phi) is 8.45. The normalized spacial score (nSPS) is 23.1. The second-order valence-corrected chi connectivity index (χ2v) is 12.4. The molecule has 0 unspecified atom stereocenters. The predicted octanol–water partition coefficient (Wildman–Crippen LogP) is 4.19. The number of carbonyl (C=O) groups is 2. The van der Waals surface area contributed by atoms with Gasteiger partial charge >= 0.3 is 0 Å². The molecule has 0 radical (unpaired) electrons. The van der Waals surface area contributed by atoms with Crippen molar-refractivity contribution < 1.29 is 9.59 Å². The Labute approximate surface area is 275 Å². The lowest BCUT2D eigenvalue weighted by atomic mass is 9.81. The number of piperidine rings is 2. The molecule has 0 bridgehead atoms. The molecule has 14 heteroatoms. The van der Waals surface area contributed by atoms with Crippen molar-refractivity contribution in [1.29, 1.82) is 0 Å². The van der Waals surface area contributed by atoms with E-state index in [2.05, 4.69) is 43.6 Å². The van der Waals surface area contributed by atoms with Crippen LogP contribution in [0.1, 0.15) is 72.6 Å². The maximum atomic E-state index is 13.0. The number of rotatable bonds is 4. The molecule has 0 aromatic carbocycles. The van der Waals surface area contributed by atoms with Crippen molar-refractivity contribution in [1.82, 2.24) is 39.0 Å². The monoisotopic (exact) mass is 640 g/mol. The highest BCUT2D eigenvalue weighted by Crippen LogP contribution is 2.46. The first-order valence-electron chi connectivity index (χ1n) is 16.2. The number of likely N-dealkylation sites (N-methyl/N-ethyl adjacent to an activating group) is 2. The molecule has 47 heavy (non-hydrogen) atoms. The fraction of sp³-hybridized carbons (Fsp3) is 0.515. The Hall–Kier alpha value is -4.88. The second-order valence-electron chi connectivity index (χ2n) is 12.4. The van der Waals surface area contributed by atoms with Crippen molar-refractivity contribution in [3.8, 4) is 11.9 Å². The lowest BCUT2D eigenvalue weighted by Crippen LogP contribution is -2.64. The first kappa shape index (κ1) is 32.1. The van der Waals surface area contributed by atoms with Gasteiger partial charge in [0.05, 0.1) is 12.4 Å². The first-order chi connectivity index (χ1) is 22.3. The summed E-state index contributed by atoms with van der Waals surface area (Å²) in [6.07, 6.45) is 21.6. The molecule has 0 aliphatic carbocycles. The highest BCUT2D eigenvalue weighted by atomic mass is 16.2. The molecule has 2 atom stereocenters. The molecule has 4 aromatic rings. The fourth-order valence-corrected chi connectivity index (χ4v) is 7.60. The second kappa shape index (κ2) is 12.4. The first-order valence-corrected chi connectivity index (χ1v) is 16.2. The zero-order valence-electron chi connectivity index (χ0n) is 26.9. The summed E-state index contributed by atoms with van der Waals surface area (Å²) < 4.78 is 3.57. The average molecular weight is 641 g/mol. The molecule has 4 aromatic heterocycles. The molecule has 0 N–H and O–H groups in total. The summed E-state index contributed by atoms with van der Waals surface area (Å²) in [5.41, 5.74) is 0.649. The summed E-state index contributed by atoms with van der Waals surface area (Å²) in [5.74, 6) is 3.19. The summed E-state index contributed by atoms with van der Waals surface area (Å²) in [7, 11) is 3.65. The topological polar surface area (TPSA) is 134 Å². The Balaban J connectivity index is 0.000000161. The highest BCUT2D eigenvalue weighted by molar-refractivity contribution is 6.08. The number of imidazole rings is 2. The van der Waals surface area contributed by atoms with Gasteiger partial charge in [0, 0.05) is 52.0 Å². The minimum Gasteiger partial charge on any atom is -0.340 e. The number of amides is 2. The fourth-order valence-electron chi connectivity index (χ4n) is 7.60. The molecule has 0 saturated carbocycles. The Morgan fingerprint density at radius 3 is 1.47 bits per heavy atom. The molecular formula is C33H44N12O2. The largest absolute Gasteiger partial charge is 0.340 e. The van der Waals surface area contributed by atoms with Gasteiger partial charge in [0.15, 0.2) is 11.6 Å². The molecule has 14 nitrogen and oxygen atoms in total. The van der Waals surface area contributed by atoms with Gasteiger partial charge in [-0.1, -0.05) is 21.3 Å². The van der Waals surface area contributed by atoms with Crippen molar-refractivity contribution in [3.05, 3.63) is 49.8 Å². The van der Waals surface area contributed by atoms with Crippen molar-refractivity contribution >= 4 is 34.8 Å². The number of anilines is 4. The zero-order chi connectivity index (χ0) is 32.1. The van der Waals surface area contributed by atoms with Crippen LogP contribution in [0.5, 0.6) is 0 Å². The number of hydrogen-bond donors (Lipinski definition) is 0.